The maximum absolute atomic E-state index is 13.2. The van der Waals surface area contributed by atoms with Gasteiger partial charge in [-0.1, -0.05) is 48.0 Å². The minimum atomic E-state index is -0.755. The number of dihydropyridines is 1. The number of nitro groups is 1. The van der Waals surface area contributed by atoms with E-state index in [1.165, 1.54) is 12.1 Å². The number of Topliss-reactive ketones (excluding diaryl/α,β-unsaturated/α-hetero) is 1. The largest absolute Gasteiger partial charge is 0.462 e. The second-order valence-corrected chi connectivity index (χ2v) is 8.51. The molecule has 1 aliphatic heterocycles. The van der Waals surface area contributed by atoms with Gasteiger partial charge in [0.25, 0.3) is 5.69 Å². The minimum absolute atomic E-state index is 0.00505. The summed E-state index contributed by atoms with van der Waals surface area (Å²) >= 11 is 6.01. The maximum Gasteiger partial charge on any atom is 0.336 e. The minimum Gasteiger partial charge on any atom is -0.462 e. The fourth-order valence-electron chi connectivity index (χ4n) is 4.42. The Hall–Kier alpha value is -3.45. The lowest BCUT2D eigenvalue weighted by atomic mass is 9.75. The van der Waals surface area contributed by atoms with Crippen molar-refractivity contribution < 1.29 is 19.2 Å². The molecule has 0 unspecified atom stereocenters. The SMILES string of the molecule is CC1=C(C(=O)OCCc2ccccc2)[C@@H](c2ccc(Cl)c([N+](=O)[O-])c2)C2=C(CCCC2=O)N1. The second-order valence-electron chi connectivity index (χ2n) is 8.11. The predicted octanol–water partition coefficient (Wildman–Crippen LogP) is 5.00. The number of nitrogens with zero attached hydrogens (tertiary/aromatic N) is 1. The number of benzene rings is 2. The van der Waals surface area contributed by atoms with Crippen LogP contribution in [0.15, 0.2) is 71.1 Å². The van der Waals surface area contributed by atoms with E-state index in [2.05, 4.69) is 5.32 Å². The van der Waals surface area contributed by atoms with Gasteiger partial charge in [0, 0.05) is 41.8 Å². The highest BCUT2D eigenvalue weighted by atomic mass is 35.5. The van der Waals surface area contributed by atoms with Gasteiger partial charge in [0.15, 0.2) is 5.78 Å². The molecule has 0 radical (unpaired) electrons. The summed E-state index contributed by atoms with van der Waals surface area (Å²) < 4.78 is 5.59. The van der Waals surface area contributed by atoms with E-state index in [1.54, 1.807) is 13.0 Å². The quantitative estimate of drug-likeness (QED) is 0.365. The van der Waals surface area contributed by atoms with Gasteiger partial charge in [0.2, 0.25) is 0 Å². The van der Waals surface area contributed by atoms with Gasteiger partial charge in [0.1, 0.15) is 5.02 Å². The second kappa shape index (κ2) is 9.58. The summed E-state index contributed by atoms with van der Waals surface area (Å²) in [6, 6.07) is 14.1. The standard InChI is InChI=1S/C25H23ClN2O5/c1-15-22(25(30)33-13-12-16-6-3-2-4-7-16)23(24-19(27-15)8-5-9-21(24)29)17-10-11-18(26)20(14-17)28(31)32/h2-4,6-7,10-11,14,23,27H,5,8-9,12-13H2,1H3/t23-/m1/s1. The van der Waals surface area contributed by atoms with E-state index in [-0.39, 0.29) is 28.7 Å². The topological polar surface area (TPSA) is 98.5 Å². The van der Waals surface area contributed by atoms with Gasteiger partial charge in [-0.2, -0.15) is 0 Å². The summed E-state index contributed by atoms with van der Waals surface area (Å²) in [4.78, 5) is 37.1. The van der Waals surface area contributed by atoms with Crippen molar-refractivity contribution in [1.82, 2.24) is 5.32 Å². The van der Waals surface area contributed by atoms with Crippen LogP contribution >= 0.6 is 11.6 Å². The molecule has 2 aliphatic rings. The van der Waals surface area contributed by atoms with Crippen molar-refractivity contribution in [1.29, 1.82) is 0 Å². The van der Waals surface area contributed by atoms with E-state index in [9.17, 15) is 19.7 Å². The first-order valence-electron chi connectivity index (χ1n) is 10.8. The lowest BCUT2D eigenvalue weighted by molar-refractivity contribution is -0.384. The van der Waals surface area contributed by atoms with Crippen LogP contribution in [0.3, 0.4) is 0 Å². The number of ether oxygens (including phenoxy) is 1. The Morgan fingerprint density at radius 1 is 1.21 bits per heavy atom. The molecule has 1 aliphatic carbocycles. The van der Waals surface area contributed by atoms with Crippen molar-refractivity contribution >= 4 is 29.0 Å². The summed E-state index contributed by atoms with van der Waals surface area (Å²) in [6.45, 7) is 1.93. The number of ketones is 1. The van der Waals surface area contributed by atoms with Gasteiger partial charge in [-0.05, 0) is 37.0 Å². The summed E-state index contributed by atoms with van der Waals surface area (Å²) in [5.74, 6) is -1.38. The molecule has 0 saturated carbocycles. The molecule has 0 saturated heterocycles. The number of nitrogens with one attached hydrogen (secondary N) is 1. The molecule has 33 heavy (non-hydrogen) atoms. The highest BCUT2D eigenvalue weighted by Crippen LogP contribution is 2.44. The van der Waals surface area contributed by atoms with Crippen molar-refractivity contribution in [3.63, 3.8) is 0 Å². The fraction of sp³-hybridized carbons (Fsp3) is 0.280. The Bertz CT molecular complexity index is 1190. The van der Waals surface area contributed by atoms with Gasteiger partial charge in [0.05, 0.1) is 17.1 Å². The van der Waals surface area contributed by atoms with Crippen molar-refractivity contribution in [2.75, 3.05) is 6.61 Å². The highest BCUT2D eigenvalue weighted by Gasteiger charge is 2.39. The average Bonchev–Trinajstić information content (AvgIpc) is 2.79. The predicted molar refractivity (Wildman–Crippen MR) is 124 cm³/mol. The zero-order valence-corrected chi connectivity index (χ0v) is 18.9. The number of carbonyl (C=O) groups excluding carboxylic acids is 2. The van der Waals surface area contributed by atoms with E-state index < -0.39 is 16.8 Å². The number of nitro benzene ring substituents is 1. The summed E-state index contributed by atoms with van der Waals surface area (Å²) in [5.41, 5.74) is 3.32. The zero-order valence-electron chi connectivity index (χ0n) is 18.1. The third-order valence-electron chi connectivity index (χ3n) is 5.96. The van der Waals surface area contributed by atoms with Crippen LogP contribution in [-0.4, -0.2) is 23.3 Å². The number of hydrogen-bond donors (Lipinski definition) is 1. The molecule has 2 aromatic rings. The summed E-state index contributed by atoms with van der Waals surface area (Å²) in [6.07, 6.45) is 2.29. The van der Waals surface area contributed by atoms with Crippen LogP contribution in [0.25, 0.3) is 0 Å². The Morgan fingerprint density at radius 2 is 1.97 bits per heavy atom. The third kappa shape index (κ3) is 4.68. The van der Waals surface area contributed by atoms with E-state index in [4.69, 9.17) is 16.3 Å². The van der Waals surface area contributed by atoms with Crippen molar-refractivity contribution in [2.45, 2.75) is 38.5 Å². The Kier molecular flexibility index (Phi) is 6.60. The van der Waals surface area contributed by atoms with Crippen molar-refractivity contribution in [3.8, 4) is 0 Å². The number of carbonyl (C=O) groups is 2. The highest BCUT2D eigenvalue weighted by molar-refractivity contribution is 6.32. The lowest BCUT2D eigenvalue weighted by Crippen LogP contribution is -2.34. The fourth-order valence-corrected chi connectivity index (χ4v) is 4.61. The number of rotatable bonds is 6. The number of hydrogen-bond acceptors (Lipinski definition) is 6. The van der Waals surface area contributed by atoms with Crippen LogP contribution in [-0.2, 0) is 20.7 Å². The molecular weight excluding hydrogens is 444 g/mol. The Labute approximate surface area is 196 Å². The molecule has 0 aromatic heterocycles. The first-order chi connectivity index (χ1) is 15.9. The van der Waals surface area contributed by atoms with Gasteiger partial charge < -0.3 is 10.1 Å². The van der Waals surface area contributed by atoms with Crippen molar-refractivity contribution in [3.05, 3.63) is 97.3 Å². The van der Waals surface area contributed by atoms with Crippen LogP contribution in [0.1, 0.15) is 43.2 Å². The molecule has 1 atom stereocenters. The molecule has 0 fully saturated rings. The van der Waals surface area contributed by atoms with Gasteiger partial charge in [-0.25, -0.2) is 4.79 Å². The van der Waals surface area contributed by atoms with Crippen LogP contribution in [0.4, 0.5) is 5.69 Å². The Balaban J connectivity index is 1.70. The molecule has 0 amide bonds. The number of halogens is 1. The molecule has 170 valence electrons. The zero-order chi connectivity index (χ0) is 23.5. The average molecular weight is 467 g/mol. The molecule has 4 rings (SSSR count). The van der Waals surface area contributed by atoms with Crippen molar-refractivity contribution in [2.24, 2.45) is 0 Å². The maximum atomic E-state index is 13.2. The van der Waals surface area contributed by atoms with E-state index in [0.29, 0.717) is 42.5 Å². The van der Waals surface area contributed by atoms with Crippen LogP contribution < -0.4 is 5.32 Å². The molecular formula is C25H23ClN2O5. The molecule has 7 nitrogen and oxygen atoms in total. The van der Waals surface area contributed by atoms with E-state index >= 15 is 0 Å². The molecule has 0 bridgehead atoms. The van der Waals surface area contributed by atoms with Crippen LogP contribution in [0.5, 0.6) is 0 Å². The summed E-state index contributed by atoms with van der Waals surface area (Å²) in [7, 11) is 0. The Morgan fingerprint density at radius 3 is 2.70 bits per heavy atom. The van der Waals surface area contributed by atoms with E-state index in [1.807, 2.05) is 30.3 Å². The van der Waals surface area contributed by atoms with Crippen LogP contribution in [0, 0.1) is 10.1 Å². The molecule has 1 heterocycles. The van der Waals surface area contributed by atoms with E-state index in [0.717, 1.165) is 11.3 Å². The lowest BCUT2D eigenvalue weighted by Gasteiger charge is -2.34. The first kappa shape index (κ1) is 22.7. The molecule has 1 N–H and O–H groups in total. The third-order valence-corrected chi connectivity index (χ3v) is 6.28. The molecule has 2 aromatic carbocycles. The smallest absolute Gasteiger partial charge is 0.336 e. The molecule has 0 spiro atoms. The van der Waals surface area contributed by atoms with Gasteiger partial charge in [-0.3, -0.25) is 14.9 Å². The monoisotopic (exact) mass is 466 g/mol. The van der Waals surface area contributed by atoms with Crippen LogP contribution in [0.2, 0.25) is 5.02 Å². The molecule has 8 heteroatoms. The number of allylic oxidation sites excluding steroid dienone is 3. The summed E-state index contributed by atoms with van der Waals surface area (Å²) in [5, 5.41) is 14.7. The normalized spacial score (nSPS) is 18.0. The first-order valence-corrected chi connectivity index (χ1v) is 11.1. The number of esters is 1. The van der Waals surface area contributed by atoms with Gasteiger partial charge in [-0.15, -0.1) is 0 Å². The van der Waals surface area contributed by atoms with Gasteiger partial charge >= 0.3 is 5.97 Å².